The minimum Gasteiger partial charge on any atom is -0.456 e. The lowest BCUT2D eigenvalue weighted by molar-refractivity contribution is 0.00692. The van der Waals surface area contributed by atoms with E-state index >= 15 is 0 Å². The quantitative estimate of drug-likeness (QED) is 0.423. The fraction of sp³-hybridized carbons (Fsp3) is 0.385. The third kappa shape index (κ3) is 6.14. The number of nitrogens with two attached hydrogens (primary N) is 1. The number of esters is 1. The molecule has 12 heteroatoms. The summed E-state index contributed by atoms with van der Waals surface area (Å²) in [5.41, 5.74) is 3.74. The standard InChI is InChI=1S/C13H15F2NO7S2/c1-12(2,3)22-11(18)8-4-7(10(16)17)5-9(6-8)23-24-13(14,15)25(19,20)21/h4-6H,1-3H3,(H2,16,17)(H,19,20,21). The number of carbonyl (C=O) groups excluding carboxylic acids is 2. The SMILES string of the molecule is CC(C)(C)OC(=O)c1cc(OSC(F)(F)S(=O)(=O)O)cc(C(N)=O)c1. The van der Waals surface area contributed by atoms with E-state index < -0.39 is 50.0 Å². The molecular formula is C13H15F2NO7S2. The summed E-state index contributed by atoms with van der Waals surface area (Å²) in [5.74, 6) is -2.33. The first kappa shape index (κ1) is 21.1. The van der Waals surface area contributed by atoms with Crippen molar-refractivity contribution in [1.82, 2.24) is 0 Å². The van der Waals surface area contributed by atoms with Crippen LogP contribution in [0.4, 0.5) is 8.78 Å². The first-order valence-corrected chi connectivity index (χ1v) is 8.69. The van der Waals surface area contributed by atoms with Gasteiger partial charge in [0.25, 0.3) is 0 Å². The summed E-state index contributed by atoms with van der Waals surface area (Å²) in [6, 6.07) is 2.94. The molecule has 0 atom stereocenters. The zero-order chi connectivity index (χ0) is 19.6. The van der Waals surface area contributed by atoms with Crippen LogP contribution in [0, 0.1) is 0 Å². The van der Waals surface area contributed by atoms with Gasteiger partial charge in [0.1, 0.15) is 11.4 Å². The second-order valence-corrected chi connectivity index (χ2v) is 8.28. The van der Waals surface area contributed by atoms with Crippen LogP contribution in [-0.2, 0) is 14.9 Å². The summed E-state index contributed by atoms with van der Waals surface area (Å²) in [5, 5.41) is 0. The second kappa shape index (κ2) is 7.14. The molecule has 0 bridgehead atoms. The smallest absolute Gasteiger partial charge is 0.453 e. The Morgan fingerprint density at radius 3 is 2.12 bits per heavy atom. The van der Waals surface area contributed by atoms with Crippen molar-refractivity contribution in [3.8, 4) is 5.75 Å². The molecule has 0 spiro atoms. The number of hydrogen-bond donors (Lipinski definition) is 2. The van der Waals surface area contributed by atoms with E-state index in [1.165, 1.54) is 0 Å². The molecule has 0 aromatic heterocycles. The van der Waals surface area contributed by atoms with Gasteiger partial charge < -0.3 is 14.7 Å². The summed E-state index contributed by atoms with van der Waals surface area (Å²) in [4.78, 5) is 23.3. The number of alkyl halides is 2. The summed E-state index contributed by atoms with van der Waals surface area (Å²) in [7, 11) is -5.73. The highest BCUT2D eigenvalue weighted by Crippen LogP contribution is 2.36. The zero-order valence-electron chi connectivity index (χ0n) is 13.3. The molecule has 140 valence electrons. The Morgan fingerprint density at radius 1 is 1.16 bits per heavy atom. The van der Waals surface area contributed by atoms with Crippen molar-refractivity contribution in [1.29, 1.82) is 0 Å². The highest BCUT2D eigenvalue weighted by molar-refractivity contribution is 8.09. The molecule has 0 aliphatic rings. The number of rotatable bonds is 6. The number of hydrogen-bond acceptors (Lipinski definition) is 7. The van der Waals surface area contributed by atoms with Crippen LogP contribution in [-0.4, -0.2) is 35.0 Å². The Bertz CT molecular complexity index is 788. The largest absolute Gasteiger partial charge is 0.456 e. The topological polar surface area (TPSA) is 133 Å². The molecule has 1 aromatic rings. The van der Waals surface area contributed by atoms with Gasteiger partial charge in [0, 0.05) is 5.56 Å². The minimum atomic E-state index is -5.73. The van der Waals surface area contributed by atoms with Crippen LogP contribution in [0.2, 0.25) is 0 Å². The maximum atomic E-state index is 13.2. The van der Waals surface area contributed by atoms with Gasteiger partial charge in [-0.3, -0.25) is 9.35 Å². The van der Waals surface area contributed by atoms with Crippen LogP contribution in [0.15, 0.2) is 18.2 Å². The Hall–Kier alpha value is -1.92. The molecule has 0 aliphatic carbocycles. The van der Waals surface area contributed by atoms with E-state index in [9.17, 15) is 26.8 Å². The average Bonchev–Trinajstić information content (AvgIpc) is 2.41. The molecule has 1 aromatic carbocycles. The van der Waals surface area contributed by atoms with Gasteiger partial charge in [-0.2, -0.15) is 17.2 Å². The van der Waals surface area contributed by atoms with Gasteiger partial charge >= 0.3 is 20.7 Å². The third-order valence-electron chi connectivity index (χ3n) is 2.36. The Labute approximate surface area is 146 Å². The first-order chi connectivity index (χ1) is 11.1. The number of halogens is 2. The highest BCUT2D eigenvalue weighted by Gasteiger charge is 2.47. The van der Waals surface area contributed by atoms with Gasteiger partial charge in [-0.05, 0) is 39.0 Å². The lowest BCUT2D eigenvalue weighted by Crippen LogP contribution is -2.25. The average molecular weight is 399 g/mol. The van der Waals surface area contributed by atoms with Crippen LogP contribution < -0.4 is 9.92 Å². The fourth-order valence-corrected chi connectivity index (χ4v) is 2.12. The summed E-state index contributed by atoms with van der Waals surface area (Å²) >= 11 is -0.883. The van der Waals surface area contributed by atoms with Gasteiger partial charge in [0.15, 0.2) is 12.0 Å². The predicted molar refractivity (Wildman–Crippen MR) is 84.8 cm³/mol. The normalized spacial score (nSPS) is 12.6. The lowest BCUT2D eigenvalue weighted by Gasteiger charge is -2.20. The number of amides is 1. The van der Waals surface area contributed by atoms with Gasteiger partial charge in [-0.15, -0.1) is 0 Å². The number of benzene rings is 1. The monoisotopic (exact) mass is 399 g/mol. The summed E-state index contributed by atoms with van der Waals surface area (Å²) < 4.78 is 60.8. The molecule has 0 radical (unpaired) electrons. The Balaban J connectivity index is 3.16. The van der Waals surface area contributed by atoms with Crippen LogP contribution in [0.5, 0.6) is 5.75 Å². The molecule has 0 saturated heterocycles. The van der Waals surface area contributed by atoms with Crippen LogP contribution in [0.1, 0.15) is 41.5 Å². The third-order valence-corrected chi connectivity index (χ3v) is 4.27. The second-order valence-electron chi connectivity index (χ2n) is 5.72. The zero-order valence-corrected chi connectivity index (χ0v) is 14.9. The molecule has 0 saturated carbocycles. The van der Waals surface area contributed by atoms with E-state index in [1.807, 2.05) is 0 Å². The summed E-state index contributed by atoms with van der Waals surface area (Å²) in [6.45, 7) is 4.76. The van der Waals surface area contributed by atoms with Gasteiger partial charge in [0.2, 0.25) is 5.91 Å². The fourth-order valence-electron chi connectivity index (χ4n) is 1.38. The molecule has 0 heterocycles. The van der Waals surface area contributed by atoms with Gasteiger partial charge in [0.05, 0.1) is 5.56 Å². The highest BCUT2D eigenvalue weighted by atomic mass is 32.3. The Kier molecular flexibility index (Phi) is 6.03. The van der Waals surface area contributed by atoms with E-state index in [0.29, 0.717) is 0 Å². The molecule has 1 rings (SSSR count). The van der Waals surface area contributed by atoms with Crippen molar-refractivity contribution in [2.75, 3.05) is 0 Å². The maximum absolute atomic E-state index is 13.2. The van der Waals surface area contributed by atoms with Crippen LogP contribution in [0.25, 0.3) is 0 Å². The van der Waals surface area contributed by atoms with E-state index in [4.69, 9.17) is 15.0 Å². The summed E-state index contributed by atoms with van der Waals surface area (Å²) in [6.07, 6.45) is 0. The van der Waals surface area contributed by atoms with Crippen LogP contribution in [0.3, 0.4) is 0 Å². The molecule has 1 amide bonds. The lowest BCUT2D eigenvalue weighted by atomic mass is 10.1. The van der Waals surface area contributed by atoms with Crippen molar-refractivity contribution < 1.29 is 40.3 Å². The molecule has 0 unspecified atom stereocenters. The van der Waals surface area contributed by atoms with Crippen LogP contribution >= 0.6 is 12.0 Å². The molecule has 25 heavy (non-hydrogen) atoms. The maximum Gasteiger partial charge on any atom is 0.453 e. The van der Waals surface area contributed by atoms with Crippen molar-refractivity contribution in [2.45, 2.75) is 31.0 Å². The Morgan fingerprint density at radius 2 is 1.68 bits per heavy atom. The molecule has 8 nitrogen and oxygen atoms in total. The van der Waals surface area contributed by atoms with Crippen molar-refractivity contribution in [3.05, 3.63) is 29.3 Å². The first-order valence-electron chi connectivity index (χ1n) is 6.51. The van der Waals surface area contributed by atoms with Gasteiger partial charge in [-0.1, -0.05) is 0 Å². The van der Waals surface area contributed by atoms with Gasteiger partial charge in [-0.25, -0.2) is 4.79 Å². The predicted octanol–water partition coefficient (Wildman–Crippen LogP) is 2.21. The minimum absolute atomic E-state index is 0.225. The van der Waals surface area contributed by atoms with Crippen molar-refractivity contribution in [2.24, 2.45) is 5.73 Å². The van der Waals surface area contributed by atoms with E-state index in [1.54, 1.807) is 20.8 Å². The van der Waals surface area contributed by atoms with E-state index in [-0.39, 0.29) is 11.1 Å². The molecule has 0 fully saturated rings. The molecular weight excluding hydrogens is 384 g/mol. The van der Waals surface area contributed by atoms with Crippen molar-refractivity contribution in [3.63, 3.8) is 0 Å². The van der Waals surface area contributed by atoms with Crippen molar-refractivity contribution >= 4 is 34.0 Å². The molecule has 3 N–H and O–H groups in total. The molecule has 0 aliphatic heterocycles. The number of primary amides is 1. The number of ether oxygens (including phenoxy) is 1. The van der Waals surface area contributed by atoms with E-state index in [2.05, 4.69) is 4.18 Å². The number of carbonyl (C=O) groups is 2. The van der Waals surface area contributed by atoms with E-state index in [0.717, 1.165) is 18.2 Å².